The van der Waals surface area contributed by atoms with E-state index in [1.807, 2.05) is 0 Å². The van der Waals surface area contributed by atoms with Crippen molar-refractivity contribution in [2.75, 3.05) is 26.7 Å². The van der Waals surface area contributed by atoms with Crippen LogP contribution in [-0.4, -0.2) is 43.5 Å². The predicted molar refractivity (Wildman–Crippen MR) is 70.3 cm³/mol. The number of nitrogens with zero attached hydrogens (tertiary/aromatic N) is 1. The molecule has 0 aliphatic rings. The van der Waals surface area contributed by atoms with Crippen LogP contribution in [0, 0.1) is 0 Å². The number of nitrogen functional groups attached to an aromatic ring is 1. The van der Waals surface area contributed by atoms with Gasteiger partial charge in [0.25, 0.3) is 5.91 Å². The lowest BCUT2D eigenvalue weighted by atomic mass is 10.2. The molecule has 0 heterocycles. The third-order valence-electron chi connectivity index (χ3n) is 2.39. The molecule has 0 aromatic heterocycles. The molecule has 0 bridgehead atoms. The number of hydrogen-bond acceptors (Lipinski definition) is 5. The Morgan fingerprint density at radius 3 is 2.79 bits per heavy atom. The Balaban J connectivity index is 2.45. The van der Waals surface area contributed by atoms with E-state index >= 15 is 0 Å². The summed E-state index contributed by atoms with van der Waals surface area (Å²) in [5, 5.41) is 0. The zero-order valence-electron chi connectivity index (χ0n) is 10.8. The number of nitrogens with two attached hydrogens (primary N) is 2. The van der Waals surface area contributed by atoms with Crippen LogP contribution >= 0.6 is 0 Å². The largest absolute Gasteiger partial charge is 0.492 e. The molecule has 0 spiro atoms. The zero-order chi connectivity index (χ0) is 14.3. The van der Waals surface area contributed by atoms with Crippen LogP contribution in [0.4, 0.5) is 0 Å². The summed E-state index contributed by atoms with van der Waals surface area (Å²) in [7, 11) is 1.77. The topological polar surface area (TPSA) is 111 Å². The monoisotopic (exact) mass is 266 g/mol. The fourth-order valence-corrected chi connectivity index (χ4v) is 1.47. The number of nitrogens with one attached hydrogen (secondary N) is 1. The van der Waals surface area contributed by atoms with Crippen molar-refractivity contribution in [1.82, 2.24) is 10.3 Å². The van der Waals surface area contributed by atoms with Crippen LogP contribution in [0.25, 0.3) is 0 Å². The fraction of sp³-hybridized carbons (Fsp3) is 0.333. The maximum Gasteiger partial charge on any atom is 0.265 e. The van der Waals surface area contributed by atoms with Crippen molar-refractivity contribution in [3.05, 3.63) is 29.8 Å². The second-order valence-electron chi connectivity index (χ2n) is 4.05. The van der Waals surface area contributed by atoms with E-state index in [-0.39, 0.29) is 18.4 Å². The van der Waals surface area contributed by atoms with Crippen LogP contribution in [-0.2, 0) is 4.79 Å². The van der Waals surface area contributed by atoms with Crippen molar-refractivity contribution in [3.8, 4) is 5.75 Å². The van der Waals surface area contributed by atoms with Crippen LogP contribution in [0.1, 0.15) is 10.4 Å². The second-order valence-corrected chi connectivity index (χ2v) is 4.05. The van der Waals surface area contributed by atoms with Gasteiger partial charge in [-0.3, -0.25) is 19.9 Å². The molecule has 2 amide bonds. The number of amides is 2. The van der Waals surface area contributed by atoms with Gasteiger partial charge in [0.2, 0.25) is 5.91 Å². The molecule has 0 aliphatic heterocycles. The second kappa shape index (κ2) is 7.34. The third kappa shape index (κ3) is 5.36. The molecule has 1 aromatic rings. The number of benzene rings is 1. The average Bonchev–Trinajstić information content (AvgIpc) is 2.37. The van der Waals surface area contributed by atoms with Crippen LogP contribution in [0.5, 0.6) is 5.75 Å². The SMILES string of the molecule is CN(CCOc1cccc(C(=O)NN)c1)CC(N)=O. The van der Waals surface area contributed by atoms with Gasteiger partial charge in [0.15, 0.2) is 0 Å². The molecule has 7 nitrogen and oxygen atoms in total. The Morgan fingerprint density at radius 1 is 1.42 bits per heavy atom. The number of likely N-dealkylation sites (N-methyl/N-ethyl adjacent to an activating group) is 1. The van der Waals surface area contributed by atoms with Crippen molar-refractivity contribution in [3.63, 3.8) is 0 Å². The van der Waals surface area contributed by atoms with Gasteiger partial charge in [0.1, 0.15) is 12.4 Å². The number of ether oxygens (including phenoxy) is 1. The quantitative estimate of drug-likeness (QED) is 0.336. The van der Waals surface area contributed by atoms with Gasteiger partial charge in [-0.25, -0.2) is 5.84 Å². The molecule has 1 aromatic carbocycles. The number of primary amides is 1. The van der Waals surface area contributed by atoms with Crippen molar-refractivity contribution in [2.24, 2.45) is 11.6 Å². The molecule has 7 heteroatoms. The van der Waals surface area contributed by atoms with E-state index in [1.165, 1.54) is 0 Å². The Bertz CT molecular complexity index is 450. The third-order valence-corrected chi connectivity index (χ3v) is 2.39. The minimum absolute atomic E-state index is 0.180. The first kappa shape index (κ1) is 14.9. The number of hydrazine groups is 1. The molecule has 0 unspecified atom stereocenters. The highest BCUT2D eigenvalue weighted by Gasteiger charge is 2.05. The molecule has 0 atom stereocenters. The maximum atomic E-state index is 11.3. The molecule has 19 heavy (non-hydrogen) atoms. The van der Waals surface area contributed by atoms with E-state index in [4.69, 9.17) is 16.3 Å². The van der Waals surface area contributed by atoms with Crippen LogP contribution in [0.15, 0.2) is 24.3 Å². The van der Waals surface area contributed by atoms with Gasteiger partial charge in [-0.15, -0.1) is 0 Å². The Labute approximate surface area is 111 Å². The highest BCUT2D eigenvalue weighted by molar-refractivity contribution is 5.94. The predicted octanol–water partition coefficient (Wildman–Crippen LogP) is -0.914. The summed E-state index contributed by atoms with van der Waals surface area (Å²) in [4.78, 5) is 23.7. The van der Waals surface area contributed by atoms with Gasteiger partial charge < -0.3 is 10.5 Å². The molecular weight excluding hydrogens is 248 g/mol. The maximum absolute atomic E-state index is 11.3. The standard InChI is InChI=1S/C12H18N4O3/c1-16(8-11(13)17)5-6-19-10-4-2-3-9(7-10)12(18)15-14/h2-4,7H,5-6,8,14H2,1H3,(H2,13,17)(H,15,18). The number of rotatable bonds is 7. The van der Waals surface area contributed by atoms with Gasteiger partial charge in [0, 0.05) is 12.1 Å². The Morgan fingerprint density at radius 2 is 2.16 bits per heavy atom. The molecule has 1 rings (SSSR count). The Hall–Kier alpha value is -2.12. The molecule has 5 N–H and O–H groups in total. The zero-order valence-corrected chi connectivity index (χ0v) is 10.8. The summed E-state index contributed by atoms with van der Waals surface area (Å²) in [6.07, 6.45) is 0. The van der Waals surface area contributed by atoms with Gasteiger partial charge in [-0.1, -0.05) is 6.07 Å². The molecule has 0 aliphatic carbocycles. The van der Waals surface area contributed by atoms with E-state index in [0.717, 1.165) is 0 Å². The summed E-state index contributed by atoms with van der Waals surface area (Å²) < 4.78 is 5.48. The lowest BCUT2D eigenvalue weighted by molar-refractivity contribution is -0.118. The molecular formula is C12H18N4O3. The van der Waals surface area contributed by atoms with Crippen LogP contribution < -0.4 is 21.7 Å². The van der Waals surface area contributed by atoms with Gasteiger partial charge in [0.05, 0.1) is 6.54 Å². The van der Waals surface area contributed by atoms with E-state index < -0.39 is 0 Å². The summed E-state index contributed by atoms with van der Waals surface area (Å²) in [5.74, 6) is 4.85. The van der Waals surface area contributed by atoms with Gasteiger partial charge >= 0.3 is 0 Å². The Kier molecular flexibility index (Phi) is 5.77. The van der Waals surface area contributed by atoms with Crippen molar-refractivity contribution < 1.29 is 14.3 Å². The molecule has 0 fully saturated rings. The molecule has 0 saturated heterocycles. The fourth-order valence-electron chi connectivity index (χ4n) is 1.47. The minimum atomic E-state index is -0.385. The van der Waals surface area contributed by atoms with E-state index in [9.17, 15) is 9.59 Å². The van der Waals surface area contributed by atoms with Gasteiger partial charge in [-0.05, 0) is 25.2 Å². The first-order chi connectivity index (χ1) is 9.02. The van der Waals surface area contributed by atoms with E-state index in [2.05, 4.69) is 5.43 Å². The molecule has 0 radical (unpaired) electrons. The first-order valence-corrected chi connectivity index (χ1v) is 5.73. The average molecular weight is 266 g/mol. The number of carbonyl (C=O) groups is 2. The van der Waals surface area contributed by atoms with Crippen LogP contribution in [0.3, 0.4) is 0 Å². The van der Waals surface area contributed by atoms with E-state index in [1.54, 1.807) is 36.2 Å². The summed E-state index contributed by atoms with van der Waals surface area (Å²) in [6, 6.07) is 6.67. The molecule has 104 valence electrons. The van der Waals surface area contributed by atoms with Crippen LogP contribution in [0.2, 0.25) is 0 Å². The lowest BCUT2D eigenvalue weighted by Crippen LogP contribution is -2.33. The van der Waals surface area contributed by atoms with E-state index in [0.29, 0.717) is 24.5 Å². The summed E-state index contributed by atoms with van der Waals surface area (Å²) in [6.45, 7) is 1.12. The highest BCUT2D eigenvalue weighted by atomic mass is 16.5. The first-order valence-electron chi connectivity index (χ1n) is 5.73. The summed E-state index contributed by atoms with van der Waals surface area (Å²) in [5.41, 5.74) is 7.54. The lowest BCUT2D eigenvalue weighted by Gasteiger charge is -2.15. The number of hydrogen-bond donors (Lipinski definition) is 3. The smallest absolute Gasteiger partial charge is 0.265 e. The normalized spacial score (nSPS) is 10.3. The van der Waals surface area contributed by atoms with Gasteiger partial charge in [-0.2, -0.15) is 0 Å². The summed E-state index contributed by atoms with van der Waals surface area (Å²) >= 11 is 0. The van der Waals surface area contributed by atoms with Crippen molar-refractivity contribution >= 4 is 11.8 Å². The van der Waals surface area contributed by atoms with Crippen molar-refractivity contribution in [1.29, 1.82) is 0 Å². The minimum Gasteiger partial charge on any atom is -0.492 e. The molecule has 0 saturated carbocycles. The van der Waals surface area contributed by atoms with Crippen molar-refractivity contribution in [2.45, 2.75) is 0 Å². The number of carbonyl (C=O) groups excluding carboxylic acids is 2. The highest BCUT2D eigenvalue weighted by Crippen LogP contribution is 2.13.